The molecule has 0 unspecified atom stereocenters. The van der Waals surface area contributed by atoms with Gasteiger partial charge < -0.3 is 10.1 Å². The van der Waals surface area contributed by atoms with Gasteiger partial charge in [-0.1, -0.05) is 37.3 Å². The topological polar surface area (TPSA) is 41.6 Å². The van der Waals surface area contributed by atoms with E-state index in [0.29, 0.717) is 24.0 Å². The van der Waals surface area contributed by atoms with Gasteiger partial charge >= 0.3 is 0 Å². The molecule has 0 aliphatic carbocycles. The van der Waals surface area contributed by atoms with Gasteiger partial charge in [0, 0.05) is 12.1 Å². The van der Waals surface area contributed by atoms with Crippen LogP contribution in [0.2, 0.25) is 0 Å². The summed E-state index contributed by atoms with van der Waals surface area (Å²) in [5.74, 6) is 0.676. The predicted molar refractivity (Wildman–Crippen MR) is 101 cm³/mol. The Labute approximate surface area is 147 Å². The average Bonchev–Trinajstić information content (AvgIpc) is 2.85. The van der Waals surface area contributed by atoms with Crippen LogP contribution in [0, 0.1) is 0 Å². The van der Waals surface area contributed by atoms with E-state index in [1.54, 1.807) is 4.90 Å². The number of thiocarbonyl (C=S) groups is 1. The van der Waals surface area contributed by atoms with Crippen LogP contribution in [0.25, 0.3) is 16.8 Å². The molecule has 0 saturated carbocycles. The van der Waals surface area contributed by atoms with Gasteiger partial charge in [0.05, 0.1) is 6.61 Å². The molecule has 1 aliphatic rings. The number of nitrogens with zero attached hydrogens (tertiary/aromatic N) is 1. The van der Waals surface area contributed by atoms with Gasteiger partial charge in [0.15, 0.2) is 5.11 Å². The fourth-order valence-electron chi connectivity index (χ4n) is 2.85. The monoisotopic (exact) mass is 340 g/mol. The van der Waals surface area contributed by atoms with Crippen LogP contribution in [-0.2, 0) is 4.79 Å². The summed E-state index contributed by atoms with van der Waals surface area (Å²) in [6.07, 6.45) is 2.71. The lowest BCUT2D eigenvalue weighted by Crippen LogP contribution is -2.31. The molecule has 1 heterocycles. The number of ether oxygens (including phenoxy) is 1. The van der Waals surface area contributed by atoms with E-state index in [1.165, 1.54) is 0 Å². The molecule has 0 spiro atoms. The van der Waals surface area contributed by atoms with E-state index >= 15 is 0 Å². The minimum atomic E-state index is -0.0859. The smallest absolute Gasteiger partial charge is 0.276 e. The number of benzene rings is 2. The maximum atomic E-state index is 12.6. The van der Waals surface area contributed by atoms with Gasteiger partial charge in [-0.15, -0.1) is 0 Å². The van der Waals surface area contributed by atoms with Crippen molar-refractivity contribution < 1.29 is 9.53 Å². The summed E-state index contributed by atoms with van der Waals surface area (Å²) in [6, 6.07) is 12.0. The van der Waals surface area contributed by atoms with Crippen molar-refractivity contribution in [2.24, 2.45) is 0 Å². The van der Waals surface area contributed by atoms with Crippen LogP contribution < -0.4 is 10.1 Å². The van der Waals surface area contributed by atoms with Gasteiger partial charge in [0.1, 0.15) is 11.4 Å². The van der Waals surface area contributed by atoms with E-state index in [2.05, 4.69) is 5.32 Å². The van der Waals surface area contributed by atoms with Crippen molar-refractivity contribution >= 4 is 40.1 Å². The van der Waals surface area contributed by atoms with Crippen molar-refractivity contribution in [1.29, 1.82) is 0 Å². The van der Waals surface area contributed by atoms with Gasteiger partial charge in [-0.2, -0.15) is 0 Å². The summed E-state index contributed by atoms with van der Waals surface area (Å²) in [7, 11) is 0. The first kappa shape index (κ1) is 16.5. The molecule has 2 aromatic carbocycles. The second kappa shape index (κ2) is 7.01. The average molecular weight is 340 g/mol. The molecule has 4 nitrogen and oxygen atoms in total. The van der Waals surface area contributed by atoms with Gasteiger partial charge in [-0.25, -0.2) is 0 Å². The van der Waals surface area contributed by atoms with Crippen molar-refractivity contribution in [3.05, 3.63) is 47.7 Å². The zero-order chi connectivity index (χ0) is 17.1. The summed E-state index contributed by atoms with van der Waals surface area (Å²) in [5, 5.41) is 5.65. The summed E-state index contributed by atoms with van der Waals surface area (Å²) in [6.45, 7) is 5.16. The SMILES string of the molecule is CCCN1C(=O)/C(=C/c2c(OCC)ccc3ccccc23)NC1=S. The standard InChI is InChI=1S/C19H20N2O2S/c1-3-11-21-18(22)16(20-19(21)24)12-15-14-8-6-5-7-13(14)9-10-17(15)23-4-2/h5-10,12H,3-4,11H2,1-2H3,(H,20,24)/b16-12-. The third-order valence-corrected chi connectivity index (χ3v) is 4.25. The Bertz CT molecular complexity index is 829. The second-order valence-corrected chi connectivity index (χ2v) is 5.96. The summed E-state index contributed by atoms with van der Waals surface area (Å²) >= 11 is 5.28. The summed E-state index contributed by atoms with van der Waals surface area (Å²) < 4.78 is 5.76. The zero-order valence-corrected chi connectivity index (χ0v) is 14.7. The first-order chi connectivity index (χ1) is 11.7. The number of amides is 1. The summed E-state index contributed by atoms with van der Waals surface area (Å²) in [5.41, 5.74) is 1.39. The van der Waals surface area contributed by atoms with Crippen LogP contribution in [0.1, 0.15) is 25.8 Å². The third-order valence-electron chi connectivity index (χ3n) is 3.93. The van der Waals surface area contributed by atoms with Gasteiger partial charge in [0.25, 0.3) is 5.91 Å². The van der Waals surface area contributed by atoms with Crippen LogP contribution >= 0.6 is 12.2 Å². The van der Waals surface area contributed by atoms with E-state index in [9.17, 15) is 4.79 Å². The fraction of sp³-hybridized carbons (Fsp3) is 0.263. The van der Waals surface area contributed by atoms with E-state index in [0.717, 1.165) is 28.5 Å². The molecule has 1 N–H and O–H groups in total. The summed E-state index contributed by atoms with van der Waals surface area (Å²) in [4.78, 5) is 14.2. The normalized spacial score (nSPS) is 16.1. The Balaban J connectivity index is 2.10. The molecule has 5 heteroatoms. The van der Waals surface area contributed by atoms with E-state index in [-0.39, 0.29) is 5.91 Å². The molecule has 2 aromatic rings. The van der Waals surface area contributed by atoms with Crippen molar-refractivity contribution in [1.82, 2.24) is 10.2 Å². The quantitative estimate of drug-likeness (QED) is 0.665. The maximum Gasteiger partial charge on any atom is 0.276 e. The molecular weight excluding hydrogens is 320 g/mol. The van der Waals surface area contributed by atoms with Crippen LogP contribution in [0.5, 0.6) is 5.75 Å². The number of hydrogen-bond acceptors (Lipinski definition) is 3. The van der Waals surface area contributed by atoms with E-state index < -0.39 is 0 Å². The lowest BCUT2D eigenvalue weighted by molar-refractivity contribution is -0.122. The number of rotatable bonds is 5. The maximum absolute atomic E-state index is 12.6. The van der Waals surface area contributed by atoms with Crippen LogP contribution in [0.4, 0.5) is 0 Å². The zero-order valence-electron chi connectivity index (χ0n) is 13.8. The van der Waals surface area contributed by atoms with Crippen molar-refractivity contribution in [3.63, 3.8) is 0 Å². The van der Waals surface area contributed by atoms with Crippen molar-refractivity contribution in [2.75, 3.05) is 13.2 Å². The molecule has 124 valence electrons. The van der Waals surface area contributed by atoms with Gasteiger partial charge in [-0.3, -0.25) is 9.69 Å². The Morgan fingerprint density at radius 3 is 2.75 bits per heavy atom. The minimum absolute atomic E-state index is 0.0859. The molecule has 0 radical (unpaired) electrons. The number of fused-ring (bicyclic) bond motifs is 1. The highest BCUT2D eigenvalue weighted by atomic mass is 32.1. The number of hydrogen-bond donors (Lipinski definition) is 1. The highest BCUT2D eigenvalue weighted by molar-refractivity contribution is 7.80. The van der Waals surface area contributed by atoms with Gasteiger partial charge in [-0.05, 0) is 48.5 Å². The molecule has 1 amide bonds. The Morgan fingerprint density at radius 2 is 2.00 bits per heavy atom. The predicted octanol–water partition coefficient (Wildman–Crippen LogP) is 3.71. The Hall–Kier alpha value is -2.40. The molecule has 0 aromatic heterocycles. The van der Waals surface area contributed by atoms with Crippen LogP contribution in [0.3, 0.4) is 0 Å². The van der Waals surface area contributed by atoms with Crippen LogP contribution in [0.15, 0.2) is 42.1 Å². The van der Waals surface area contributed by atoms with Gasteiger partial charge in [0.2, 0.25) is 0 Å². The Kier molecular flexibility index (Phi) is 4.81. The molecule has 1 saturated heterocycles. The number of carbonyl (C=O) groups excluding carboxylic acids is 1. The lowest BCUT2D eigenvalue weighted by Gasteiger charge is -2.12. The largest absolute Gasteiger partial charge is 0.493 e. The minimum Gasteiger partial charge on any atom is -0.493 e. The highest BCUT2D eigenvalue weighted by Crippen LogP contribution is 2.31. The number of nitrogens with one attached hydrogen (secondary N) is 1. The highest BCUT2D eigenvalue weighted by Gasteiger charge is 2.30. The third kappa shape index (κ3) is 2.99. The molecule has 1 fully saturated rings. The van der Waals surface area contributed by atoms with E-state index in [1.807, 2.05) is 56.3 Å². The molecule has 24 heavy (non-hydrogen) atoms. The molecule has 1 aliphatic heterocycles. The molecule has 0 bridgehead atoms. The van der Waals surface area contributed by atoms with Crippen molar-refractivity contribution in [2.45, 2.75) is 20.3 Å². The van der Waals surface area contributed by atoms with Crippen LogP contribution in [-0.4, -0.2) is 29.1 Å². The molecule has 0 atom stereocenters. The van der Waals surface area contributed by atoms with Crippen molar-refractivity contribution in [3.8, 4) is 5.75 Å². The second-order valence-electron chi connectivity index (χ2n) is 5.58. The molecule has 3 rings (SSSR count). The molecular formula is C19H20N2O2S. The number of carbonyl (C=O) groups is 1. The fourth-order valence-corrected chi connectivity index (χ4v) is 3.13. The lowest BCUT2D eigenvalue weighted by atomic mass is 10.0. The first-order valence-electron chi connectivity index (χ1n) is 8.14. The van der Waals surface area contributed by atoms with E-state index in [4.69, 9.17) is 17.0 Å². The Morgan fingerprint density at radius 1 is 1.21 bits per heavy atom. The first-order valence-corrected chi connectivity index (χ1v) is 8.55.